The van der Waals surface area contributed by atoms with Crippen molar-refractivity contribution in [3.05, 3.63) is 42.0 Å². The molecule has 1 aliphatic rings. The first-order valence-corrected chi connectivity index (χ1v) is 8.58. The highest BCUT2D eigenvalue weighted by molar-refractivity contribution is 6.00. The Morgan fingerprint density at radius 1 is 1.21 bits per heavy atom. The van der Waals surface area contributed by atoms with Crippen LogP contribution in [-0.4, -0.2) is 24.8 Å². The molecule has 4 nitrogen and oxygen atoms in total. The molecule has 2 aromatic rings. The molecule has 0 radical (unpaired) electrons. The molecule has 0 bridgehead atoms. The van der Waals surface area contributed by atoms with Gasteiger partial charge in [-0.05, 0) is 35.6 Å². The summed E-state index contributed by atoms with van der Waals surface area (Å²) in [5.41, 5.74) is 0.493. The number of ether oxygens (including phenoxy) is 1. The lowest BCUT2D eigenvalue weighted by Gasteiger charge is -2.29. The lowest BCUT2D eigenvalue weighted by atomic mass is 9.86. The number of aldehydes is 1. The van der Waals surface area contributed by atoms with Crippen molar-refractivity contribution in [3.63, 3.8) is 0 Å². The Morgan fingerprint density at radius 3 is 2.79 bits per heavy atom. The molecule has 126 valence electrons. The van der Waals surface area contributed by atoms with Crippen LogP contribution in [0.15, 0.2) is 36.4 Å². The number of hydrogen-bond acceptors (Lipinski definition) is 3. The SMILES string of the molecule is C[C@H]1CCCC[C@H]1NC(=O)COc1ccc2ccccc2c1C=O. The molecule has 1 N–H and O–H groups in total. The van der Waals surface area contributed by atoms with Gasteiger partial charge in [-0.2, -0.15) is 0 Å². The van der Waals surface area contributed by atoms with Crippen LogP contribution in [0.3, 0.4) is 0 Å². The summed E-state index contributed by atoms with van der Waals surface area (Å²) >= 11 is 0. The molecule has 1 amide bonds. The van der Waals surface area contributed by atoms with E-state index in [1.54, 1.807) is 6.07 Å². The maximum Gasteiger partial charge on any atom is 0.258 e. The first kappa shape index (κ1) is 16.5. The van der Waals surface area contributed by atoms with Crippen molar-refractivity contribution in [3.8, 4) is 5.75 Å². The number of hydrogen-bond donors (Lipinski definition) is 1. The van der Waals surface area contributed by atoms with Crippen molar-refractivity contribution in [2.75, 3.05) is 6.61 Å². The number of rotatable bonds is 5. The molecule has 0 heterocycles. The molecule has 0 unspecified atom stereocenters. The maximum atomic E-state index is 12.2. The second kappa shape index (κ2) is 7.47. The van der Waals surface area contributed by atoms with Crippen LogP contribution in [0, 0.1) is 5.92 Å². The van der Waals surface area contributed by atoms with E-state index in [1.165, 1.54) is 6.42 Å². The second-order valence-electron chi connectivity index (χ2n) is 6.54. The Morgan fingerprint density at radius 2 is 2.00 bits per heavy atom. The zero-order valence-corrected chi connectivity index (χ0v) is 14.0. The van der Waals surface area contributed by atoms with E-state index < -0.39 is 0 Å². The van der Waals surface area contributed by atoms with Crippen molar-refractivity contribution >= 4 is 23.0 Å². The van der Waals surface area contributed by atoms with Gasteiger partial charge in [0.15, 0.2) is 12.9 Å². The van der Waals surface area contributed by atoms with E-state index in [9.17, 15) is 9.59 Å². The van der Waals surface area contributed by atoms with Gasteiger partial charge in [0.25, 0.3) is 5.91 Å². The van der Waals surface area contributed by atoms with Crippen LogP contribution in [0.4, 0.5) is 0 Å². The molecule has 2 aromatic carbocycles. The third kappa shape index (κ3) is 3.58. The van der Waals surface area contributed by atoms with E-state index >= 15 is 0 Å². The van der Waals surface area contributed by atoms with Gasteiger partial charge >= 0.3 is 0 Å². The molecule has 3 rings (SSSR count). The quantitative estimate of drug-likeness (QED) is 0.852. The van der Waals surface area contributed by atoms with Crippen molar-refractivity contribution in [2.24, 2.45) is 5.92 Å². The van der Waals surface area contributed by atoms with Gasteiger partial charge < -0.3 is 10.1 Å². The Kier molecular flexibility index (Phi) is 5.14. The minimum Gasteiger partial charge on any atom is -0.483 e. The van der Waals surface area contributed by atoms with Gasteiger partial charge in [-0.3, -0.25) is 9.59 Å². The summed E-state index contributed by atoms with van der Waals surface area (Å²) in [6.45, 7) is 2.11. The summed E-state index contributed by atoms with van der Waals surface area (Å²) in [4.78, 5) is 23.6. The fourth-order valence-corrected chi connectivity index (χ4v) is 3.45. The summed E-state index contributed by atoms with van der Waals surface area (Å²) in [7, 11) is 0. The fourth-order valence-electron chi connectivity index (χ4n) is 3.45. The molecule has 0 spiro atoms. The lowest BCUT2D eigenvalue weighted by Crippen LogP contribution is -2.43. The monoisotopic (exact) mass is 325 g/mol. The summed E-state index contributed by atoms with van der Waals surface area (Å²) in [5.74, 6) is 0.836. The van der Waals surface area contributed by atoms with Gasteiger partial charge in [-0.1, -0.05) is 50.1 Å². The van der Waals surface area contributed by atoms with Gasteiger partial charge in [-0.25, -0.2) is 0 Å². The molecule has 1 saturated carbocycles. The molecule has 0 saturated heterocycles. The summed E-state index contributed by atoms with van der Waals surface area (Å²) in [6, 6.07) is 11.5. The number of carbonyl (C=O) groups excluding carboxylic acids is 2. The smallest absolute Gasteiger partial charge is 0.258 e. The number of amides is 1. The number of nitrogens with one attached hydrogen (secondary N) is 1. The average molecular weight is 325 g/mol. The van der Waals surface area contributed by atoms with Gasteiger partial charge in [-0.15, -0.1) is 0 Å². The largest absolute Gasteiger partial charge is 0.483 e. The summed E-state index contributed by atoms with van der Waals surface area (Å²) in [5, 5.41) is 4.88. The van der Waals surface area contributed by atoms with Gasteiger partial charge in [0, 0.05) is 6.04 Å². The van der Waals surface area contributed by atoms with E-state index in [4.69, 9.17) is 4.74 Å². The van der Waals surface area contributed by atoms with Crippen molar-refractivity contribution in [2.45, 2.75) is 38.6 Å². The Labute approximate surface area is 142 Å². The first-order valence-electron chi connectivity index (χ1n) is 8.58. The van der Waals surface area contributed by atoms with E-state index in [0.717, 1.165) is 36.3 Å². The third-order valence-electron chi connectivity index (χ3n) is 4.87. The Hall–Kier alpha value is -2.36. The molecule has 2 atom stereocenters. The highest BCUT2D eigenvalue weighted by Crippen LogP contribution is 2.27. The van der Waals surface area contributed by atoms with Gasteiger partial charge in [0.1, 0.15) is 5.75 Å². The molecule has 1 fully saturated rings. The van der Waals surface area contributed by atoms with Crippen LogP contribution in [-0.2, 0) is 4.79 Å². The molecular weight excluding hydrogens is 302 g/mol. The first-order chi connectivity index (χ1) is 11.7. The summed E-state index contributed by atoms with van der Waals surface area (Å²) < 4.78 is 5.63. The maximum absolute atomic E-state index is 12.2. The Bertz CT molecular complexity index is 741. The molecule has 1 aliphatic carbocycles. The standard InChI is InChI=1S/C20H23NO3/c1-14-6-2-5-9-18(14)21-20(23)13-24-19-11-10-15-7-3-4-8-16(15)17(19)12-22/h3-4,7-8,10-12,14,18H,2,5-6,9,13H2,1H3,(H,21,23)/t14-,18+/m0/s1. The van der Waals surface area contributed by atoms with Crippen LogP contribution in [0.1, 0.15) is 43.0 Å². The average Bonchev–Trinajstić information content (AvgIpc) is 2.61. The number of carbonyl (C=O) groups is 2. The van der Waals surface area contributed by atoms with Crippen molar-refractivity contribution < 1.29 is 14.3 Å². The van der Waals surface area contributed by atoms with Crippen molar-refractivity contribution in [1.29, 1.82) is 0 Å². The van der Waals surface area contributed by atoms with Crippen molar-refractivity contribution in [1.82, 2.24) is 5.32 Å². The molecule has 0 aromatic heterocycles. The van der Waals surface area contributed by atoms with Crippen LogP contribution in [0.25, 0.3) is 10.8 Å². The fraction of sp³-hybridized carbons (Fsp3) is 0.400. The minimum atomic E-state index is -0.126. The zero-order chi connectivity index (χ0) is 16.9. The van der Waals surface area contributed by atoms with Gasteiger partial charge in [0.2, 0.25) is 0 Å². The lowest BCUT2D eigenvalue weighted by molar-refractivity contribution is -0.124. The number of benzene rings is 2. The van der Waals surface area contributed by atoms with Crippen LogP contribution >= 0.6 is 0 Å². The minimum absolute atomic E-state index is 0.0671. The second-order valence-corrected chi connectivity index (χ2v) is 6.54. The predicted octanol–water partition coefficient (Wildman–Crippen LogP) is 3.73. The third-order valence-corrected chi connectivity index (χ3v) is 4.87. The van der Waals surface area contributed by atoms with Crippen LogP contribution in [0.5, 0.6) is 5.75 Å². The molecule has 0 aliphatic heterocycles. The van der Waals surface area contributed by atoms with E-state index in [2.05, 4.69) is 12.2 Å². The van der Waals surface area contributed by atoms with Crippen LogP contribution < -0.4 is 10.1 Å². The predicted molar refractivity (Wildman–Crippen MR) is 94.4 cm³/mol. The van der Waals surface area contributed by atoms with E-state index in [0.29, 0.717) is 17.2 Å². The number of fused-ring (bicyclic) bond motifs is 1. The molecule has 24 heavy (non-hydrogen) atoms. The topological polar surface area (TPSA) is 55.4 Å². The van der Waals surface area contributed by atoms with Crippen LogP contribution in [0.2, 0.25) is 0 Å². The van der Waals surface area contributed by atoms with Gasteiger partial charge in [0.05, 0.1) is 5.56 Å². The van der Waals surface area contributed by atoms with E-state index in [-0.39, 0.29) is 18.6 Å². The zero-order valence-electron chi connectivity index (χ0n) is 14.0. The summed E-state index contributed by atoms with van der Waals surface area (Å²) in [6.07, 6.45) is 5.38. The highest BCUT2D eigenvalue weighted by Gasteiger charge is 2.23. The molecule has 4 heteroatoms. The highest BCUT2D eigenvalue weighted by atomic mass is 16.5. The normalized spacial score (nSPS) is 20.5. The Balaban J connectivity index is 1.67. The van der Waals surface area contributed by atoms with E-state index in [1.807, 2.05) is 30.3 Å². The molecular formula is C20H23NO3.